The molecule has 2 aromatic carbocycles. The first kappa shape index (κ1) is 19.3. The Labute approximate surface area is 160 Å². The molecule has 8 heteroatoms. The first-order valence-electron chi connectivity index (χ1n) is 8.37. The molecular formula is C18H23ClFN3O2S. The van der Waals surface area contributed by atoms with Gasteiger partial charge in [0.15, 0.2) is 0 Å². The van der Waals surface area contributed by atoms with Crippen LogP contribution in [0.2, 0.25) is 5.02 Å². The first-order valence-corrected chi connectivity index (χ1v) is 10.2. The molecule has 1 heterocycles. The van der Waals surface area contributed by atoms with Crippen molar-refractivity contribution in [2.45, 2.75) is 12.8 Å². The quantitative estimate of drug-likeness (QED) is 0.640. The van der Waals surface area contributed by atoms with Crippen molar-refractivity contribution < 1.29 is 13.5 Å². The maximum atomic E-state index is 13.4. The average molecular weight is 400 g/mol. The summed E-state index contributed by atoms with van der Waals surface area (Å²) in [5.74, 6) is -0.469. The van der Waals surface area contributed by atoms with E-state index in [1.165, 1.54) is 22.5 Å². The second-order valence-corrected chi connectivity index (χ2v) is 8.67. The molecule has 3 rings (SSSR count). The van der Waals surface area contributed by atoms with Crippen LogP contribution in [0, 0.1) is 5.82 Å². The number of hydrogen-bond acceptors (Lipinski definition) is 5. The predicted octanol–water partition coefficient (Wildman–Crippen LogP) is 5.36. The van der Waals surface area contributed by atoms with Crippen LogP contribution in [-0.4, -0.2) is 41.2 Å². The Morgan fingerprint density at radius 1 is 1.04 bits per heavy atom. The summed E-state index contributed by atoms with van der Waals surface area (Å²) in [7, 11) is 0.692. The largest absolute Gasteiger partial charge is 0.309 e. The fraction of sp³-hybridized carbons (Fsp3) is 0.333. The Morgan fingerprint density at radius 2 is 1.73 bits per heavy atom. The van der Waals surface area contributed by atoms with Crippen LogP contribution in [0.25, 0.3) is 0 Å². The lowest BCUT2D eigenvalue weighted by atomic mass is 10.2. The number of nitrogens with zero attached hydrogens (tertiary/aromatic N) is 3. The number of halogens is 2. The molecule has 0 aromatic heterocycles. The van der Waals surface area contributed by atoms with Crippen LogP contribution in [0.4, 0.5) is 21.5 Å². The van der Waals surface area contributed by atoms with Crippen LogP contribution >= 0.6 is 22.6 Å². The zero-order valence-electron chi connectivity index (χ0n) is 14.8. The Hall–Kier alpha value is -1.51. The summed E-state index contributed by atoms with van der Waals surface area (Å²) >= 11 is 6.20. The van der Waals surface area contributed by atoms with Gasteiger partial charge in [-0.15, -0.1) is 0 Å². The molecule has 0 atom stereocenters. The van der Waals surface area contributed by atoms with E-state index in [2.05, 4.69) is 4.90 Å². The summed E-state index contributed by atoms with van der Waals surface area (Å²) < 4.78 is 38.5. The minimum absolute atomic E-state index is 0.134. The summed E-state index contributed by atoms with van der Waals surface area (Å²) in [6, 6.07) is 11.3. The Morgan fingerprint density at radius 3 is 2.38 bits per heavy atom. The molecule has 2 aromatic rings. The zero-order chi connectivity index (χ0) is 18.9. The molecule has 0 saturated heterocycles. The Balaban J connectivity index is 1.94. The zero-order valence-corrected chi connectivity index (χ0v) is 16.3. The average Bonchev–Trinajstić information content (AvgIpc) is 2.79. The van der Waals surface area contributed by atoms with Gasteiger partial charge in [0, 0.05) is 6.54 Å². The fourth-order valence-electron chi connectivity index (χ4n) is 3.04. The highest BCUT2D eigenvalue weighted by Crippen LogP contribution is 2.64. The van der Waals surface area contributed by atoms with Gasteiger partial charge in [-0.2, -0.15) is 0 Å². The minimum atomic E-state index is -3.33. The van der Waals surface area contributed by atoms with E-state index in [1.54, 1.807) is 4.31 Å². The molecule has 1 aliphatic heterocycles. The highest BCUT2D eigenvalue weighted by Gasteiger charge is 2.41. The maximum absolute atomic E-state index is 13.4. The SMILES string of the molecule is CN(C)CCCCN1c2ccccc2N(c2ccc(F)cc2Cl)S1(O)O. The van der Waals surface area contributed by atoms with Gasteiger partial charge in [0.1, 0.15) is 5.82 Å². The number of hydrogen-bond donors (Lipinski definition) is 2. The normalized spacial score (nSPS) is 16.9. The second kappa shape index (κ2) is 7.62. The van der Waals surface area contributed by atoms with E-state index < -0.39 is 16.8 Å². The number of rotatable bonds is 6. The summed E-state index contributed by atoms with van der Waals surface area (Å²) in [5, 5.41) is 0.134. The topological polar surface area (TPSA) is 50.2 Å². The van der Waals surface area contributed by atoms with Gasteiger partial charge in [0.2, 0.25) is 0 Å². The lowest BCUT2D eigenvalue weighted by Crippen LogP contribution is -2.32. The number of fused-ring (bicyclic) bond motifs is 1. The lowest BCUT2D eigenvalue weighted by Gasteiger charge is -2.44. The van der Waals surface area contributed by atoms with Crippen LogP contribution in [0.15, 0.2) is 42.5 Å². The predicted molar refractivity (Wildman–Crippen MR) is 108 cm³/mol. The fourth-order valence-corrected chi connectivity index (χ4v) is 5.18. The van der Waals surface area contributed by atoms with E-state index in [0.29, 0.717) is 17.9 Å². The van der Waals surface area contributed by atoms with Gasteiger partial charge in [-0.3, -0.25) is 13.4 Å². The monoisotopic (exact) mass is 399 g/mol. The summed E-state index contributed by atoms with van der Waals surface area (Å²) in [6.45, 7) is 1.44. The maximum Gasteiger partial charge on any atom is 0.124 e. The third kappa shape index (κ3) is 3.63. The van der Waals surface area contributed by atoms with Gasteiger partial charge in [0.05, 0.1) is 22.1 Å². The molecule has 0 bridgehead atoms. The molecule has 0 radical (unpaired) electrons. The molecule has 142 valence electrons. The van der Waals surface area contributed by atoms with Crippen molar-refractivity contribution in [3.63, 3.8) is 0 Å². The lowest BCUT2D eigenvalue weighted by molar-refractivity contribution is 0.395. The van der Waals surface area contributed by atoms with Crippen molar-refractivity contribution in [3.05, 3.63) is 53.3 Å². The number of unbranched alkanes of at least 4 members (excludes halogenated alkanes) is 1. The standard InChI is InChI=1S/C18H23ClFN3O2S/c1-21(2)11-5-6-12-22-17-7-3-4-8-18(17)23(26(22,24)25)16-10-9-14(20)13-15(16)19/h3-4,7-10,13,24-25H,5-6,11-12H2,1-2H3. The summed E-state index contributed by atoms with van der Waals surface area (Å²) in [4.78, 5) is 2.10. The van der Waals surface area contributed by atoms with Gasteiger partial charge in [-0.25, -0.2) is 8.70 Å². The summed E-state index contributed by atoms with van der Waals surface area (Å²) in [5.41, 5.74) is 1.75. The van der Waals surface area contributed by atoms with Crippen LogP contribution in [0.1, 0.15) is 12.8 Å². The van der Waals surface area contributed by atoms with E-state index in [9.17, 15) is 13.5 Å². The first-order chi connectivity index (χ1) is 12.3. The number of anilines is 3. The van der Waals surface area contributed by atoms with Crippen LogP contribution in [0.3, 0.4) is 0 Å². The number of benzene rings is 2. The minimum Gasteiger partial charge on any atom is -0.309 e. The molecule has 0 amide bonds. The van der Waals surface area contributed by atoms with Crippen molar-refractivity contribution in [3.8, 4) is 0 Å². The van der Waals surface area contributed by atoms with E-state index in [4.69, 9.17) is 11.6 Å². The smallest absolute Gasteiger partial charge is 0.124 e. The highest BCUT2D eigenvalue weighted by molar-refractivity contribution is 8.27. The van der Waals surface area contributed by atoms with Crippen molar-refractivity contribution in [1.82, 2.24) is 4.90 Å². The molecule has 5 nitrogen and oxygen atoms in total. The van der Waals surface area contributed by atoms with Crippen LogP contribution < -0.4 is 8.61 Å². The van der Waals surface area contributed by atoms with E-state index in [1.807, 2.05) is 38.4 Å². The van der Waals surface area contributed by atoms with Crippen LogP contribution in [-0.2, 0) is 0 Å². The van der Waals surface area contributed by atoms with Gasteiger partial charge < -0.3 is 4.90 Å². The molecule has 26 heavy (non-hydrogen) atoms. The van der Waals surface area contributed by atoms with E-state index >= 15 is 0 Å². The van der Waals surface area contributed by atoms with Gasteiger partial charge in [0.25, 0.3) is 0 Å². The molecule has 1 aliphatic rings. The second-order valence-electron chi connectivity index (χ2n) is 6.48. The third-order valence-corrected chi connectivity index (χ3v) is 6.41. The van der Waals surface area contributed by atoms with Crippen molar-refractivity contribution >= 4 is 39.6 Å². The van der Waals surface area contributed by atoms with E-state index in [-0.39, 0.29) is 5.02 Å². The Kier molecular flexibility index (Phi) is 5.64. The van der Waals surface area contributed by atoms with Gasteiger partial charge >= 0.3 is 0 Å². The Bertz CT molecular complexity index is 791. The molecule has 0 saturated carbocycles. The third-order valence-electron chi connectivity index (χ3n) is 4.25. The van der Waals surface area contributed by atoms with Crippen molar-refractivity contribution in [2.75, 3.05) is 35.8 Å². The molecule has 0 spiro atoms. The number of para-hydroxylation sites is 2. The molecular weight excluding hydrogens is 377 g/mol. The van der Waals surface area contributed by atoms with Crippen molar-refractivity contribution in [2.24, 2.45) is 0 Å². The molecule has 0 aliphatic carbocycles. The molecule has 0 unspecified atom stereocenters. The molecule has 0 fully saturated rings. The van der Waals surface area contributed by atoms with Crippen LogP contribution in [0.5, 0.6) is 0 Å². The summed E-state index contributed by atoms with van der Waals surface area (Å²) in [6.07, 6.45) is 1.76. The molecule has 2 N–H and O–H groups in total. The van der Waals surface area contributed by atoms with Gasteiger partial charge in [-0.1, -0.05) is 23.7 Å². The van der Waals surface area contributed by atoms with Crippen molar-refractivity contribution in [1.29, 1.82) is 0 Å². The highest BCUT2D eigenvalue weighted by atomic mass is 35.5. The van der Waals surface area contributed by atoms with E-state index in [0.717, 1.165) is 25.1 Å². The van der Waals surface area contributed by atoms with Gasteiger partial charge in [-0.05, 0) is 74.8 Å².